The summed E-state index contributed by atoms with van der Waals surface area (Å²) in [6.07, 6.45) is 2.74. The van der Waals surface area contributed by atoms with E-state index >= 15 is 0 Å². The number of anilines is 1. The lowest BCUT2D eigenvalue weighted by molar-refractivity contribution is -0.121. The summed E-state index contributed by atoms with van der Waals surface area (Å²) in [4.78, 5) is 12.6. The van der Waals surface area contributed by atoms with Gasteiger partial charge < -0.3 is 10.1 Å². The number of rotatable bonds is 10. The lowest BCUT2D eigenvalue weighted by atomic mass is 10.1. The fraction of sp³-hybridized carbons (Fsp3) is 0.409. The zero-order valence-electron chi connectivity index (χ0n) is 17.5. The van der Waals surface area contributed by atoms with Crippen LogP contribution in [0.2, 0.25) is 0 Å². The summed E-state index contributed by atoms with van der Waals surface area (Å²) in [6, 6.07) is 14.1. The van der Waals surface area contributed by atoms with Crippen molar-refractivity contribution in [3.63, 3.8) is 0 Å². The van der Waals surface area contributed by atoms with E-state index in [-0.39, 0.29) is 5.91 Å². The molecule has 2 aromatic rings. The van der Waals surface area contributed by atoms with Crippen molar-refractivity contribution in [3.05, 3.63) is 59.7 Å². The monoisotopic (exact) mass is 418 g/mol. The number of carbonyl (C=O) groups excluding carboxylic acids is 1. The largest absolute Gasteiger partial charge is 0.494 e. The van der Waals surface area contributed by atoms with Crippen LogP contribution >= 0.6 is 0 Å². The fourth-order valence-corrected chi connectivity index (χ4v) is 4.36. The first-order chi connectivity index (χ1) is 13.7. The number of nitrogens with zero attached hydrogens (tertiary/aromatic N) is 1. The lowest BCUT2D eigenvalue weighted by Crippen LogP contribution is -2.48. The van der Waals surface area contributed by atoms with Crippen LogP contribution < -0.4 is 14.4 Å². The fourth-order valence-electron chi connectivity index (χ4n) is 3.18. The van der Waals surface area contributed by atoms with Crippen LogP contribution in [0.25, 0.3) is 0 Å². The van der Waals surface area contributed by atoms with Crippen LogP contribution in [0, 0.1) is 6.92 Å². The van der Waals surface area contributed by atoms with Crippen molar-refractivity contribution in [1.82, 2.24) is 5.32 Å². The van der Waals surface area contributed by atoms with Crippen molar-refractivity contribution in [3.8, 4) is 5.75 Å². The Kier molecular flexibility index (Phi) is 8.08. The molecule has 7 heteroatoms. The molecule has 0 fully saturated rings. The minimum absolute atomic E-state index is 0.325. The zero-order valence-corrected chi connectivity index (χ0v) is 18.3. The third-order valence-corrected chi connectivity index (χ3v) is 5.76. The summed E-state index contributed by atoms with van der Waals surface area (Å²) in [5, 5.41) is 2.85. The number of carbonyl (C=O) groups is 1. The summed E-state index contributed by atoms with van der Waals surface area (Å²) in [6.45, 7) is 6.53. The standard InChI is InChI=1S/C22H30N2O4S/c1-5-28-21-13-11-20(12-14-21)24(29(4,26)27)18(3)22(25)23-15-7-10-19-9-6-8-17(2)16-19/h6,8-9,11-14,16,18H,5,7,10,15H2,1-4H3,(H,23,25)/t18-/m1/s1. The molecule has 0 aromatic heterocycles. The van der Waals surface area contributed by atoms with E-state index in [4.69, 9.17) is 4.74 Å². The Bertz CT molecular complexity index is 911. The van der Waals surface area contributed by atoms with Crippen LogP contribution in [0.3, 0.4) is 0 Å². The molecule has 0 aliphatic carbocycles. The highest BCUT2D eigenvalue weighted by Crippen LogP contribution is 2.24. The van der Waals surface area contributed by atoms with Gasteiger partial charge in [0.2, 0.25) is 15.9 Å². The maximum absolute atomic E-state index is 12.6. The number of amides is 1. The molecule has 1 N–H and O–H groups in total. The van der Waals surface area contributed by atoms with Gasteiger partial charge in [0.25, 0.3) is 0 Å². The van der Waals surface area contributed by atoms with E-state index in [2.05, 4.69) is 17.4 Å². The minimum Gasteiger partial charge on any atom is -0.494 e. The second-order valence-electron chi connectivity index (χ2n) is 7.05. The second kappa shape index (κ2) is 10.3. The molecule has 6 nitrogen and oxygen atoms in total. The number of hydrogen-bond donors (Lipinski definition) is 1. The summed E-state index contributed by atoms with van der Waals surface area (Å²) in [5.74, 6) is 0.325. The van der Waals surface area contributed by atoms with Gasteiger partial charge in [0.05, 0.1) is 18.6 Å². The van der Waals surface area contributed by atoms with Crippen molar-refractivity contribution in [1.29, 1.82) is 0 Å². The molecule has 1 atom stereocenters. The van der Waals surface area contributed by atoms with Gasteiger partial charge in [-0.2, -0.15) is 0 Å². The van der Waals surface area contributed by atoms with E-state index in [9.17, 15) is 13.2 Å². The highest BCUT2D eigenvalue weighted by molar-refractivity contribution is 7.92. The van der Waals surface area contributed by atoms with Gasteiger partial charge in [0.1, 0.15) is 11.8 Å². The number of benzene rings is 2. The number of hydrogen-bond acceptors (Lipinski definition) is 4. The Labute approximate surface area is 173 Å². The molecule has 0 aliphatic rings. The van der Waals surface area contributed by atoms with Gasteiger partial charge in [-0.1, -0.05) is 29.8 Å². The van der Waals surface area contributed by atoms with Crippen molar-refractivity contribution in [2.24, 2.45) is 0 Å². The predicted octanol–water partition coefficient (Wildman–Crippen LogP) is 3.30. The van der Waals surface area contributed by atoms with Gasteiger partial charge >= 0.3 is 0 Å². The van der Waals surface area contributed by atoms with Crippen molar-refractivity contribution >= 4 is 21.6 Å². The molecule has 1 amide bonds. The highest BCUT2D eigenvalue weighted by Gasteiger charge is 2.28. The first-order valence-electron chi connectivity index (χ1n) is 9.78. The molecule has 29 heavy (non-hydrogen) atoms. The van der Waals surface area contributed by atoms with Gasteiger partial charge in [-0.25, -0.2) is 8.42 Å². The Hall–Kier alpha value is -2.54. The molecular formula is C22H30N2O4S. The summed E-state index contributed by atoms with van der Waals surface area (Å²) < 4.78 is 31.2. The molecule has 158 valence electrons. The number of ether oxygens (including phenoxy) is 1. The maximum atomic E-state index is 12.6. The van der Waals surface area contributed by atoms with E-state index < -0.39 is 16.1 Å². The van der Waals surface area contributed by atoms with E-state index in [1.807, 2.05) is 26.0 Å². The maximum Gasteiger partial charge on any atom is 0.243 e. The van der Waals surface area contributed by atoms with Crippen LogP contribution in [0.1, 0.15) is 31.4 Å². The molecular weight excluding hydrogens is 388 g/mol. The Morgan fingerprint density at radius 1 is 1.17 bits per heavy atom. The Morgan fingerprint density at radius 3 is 2.45 bits per heavy atom. The topological polar surface area (TPSA) is 75.7 Å². The molecule has 0 saturated heterocycles. The van der Waals surface area contributed by atoms with Crippen LogP contribution in [0.15, 0.2) is 48.5 Å². The van der Waals surface area contributed by atoms with Crippen molar-refractivity contribution in [2.45, 2.75) is 39.7 Å². The molecule has 0 saturated carbocycles. The van der Waals surface area contributed by atoms with Gasteiger partial charge in [-0.15, -0.1) is 0 Å². The van der Waals surface area contributed by atoms with Gasteiger partial charge in [0.15, 0.2) is 0 Å². The normalized spacial score (nSPS) is 12.3. The van der Waals surface area contributed by atoms with E-state index in [0.717, 1.165) is 23.4 Å². The molecule has 0 unspecified atom stereocenters. The van der Waals surface area contributed by atoms with Crippen molar-refractivity contribution < 1.29 is 17.9 Å². The van der Waals surface area contributed by atoms with Crippen LogP contribution in [0.4, 0.5) is 5.69 Å². The van der Waals surface area contributed by atoms with Crippen LogP contribution in [-0.2, 0) is 21.2 Å². The first kappa shape index (κ1) is 22.7. The number of nitrogens with one attached hydrogen (secondary N) is 1. The molecule has 0 heterocycles. The molecule has 0 radical (unpaired) electrons. The number of aryl methyl sites for hydroxylation is 2. The third kappa shape index (κ3) is 6.78. The Morgan fingerprint density at radius 2 is 1.86 bits per heavy atom. The average Bonchev–Trinajstić information content (AvgIpc) is 2.66. The summed E-state index contributed by atoms with van der Waals surface area (Å²) in [5.41, 5.74) is 2.86. The van der Waals surface area contributed by atoms with Crippen LogP contribution in [0.5, 0.6) is 5.75 Å². The second-order valence-corrected chi connectivity index (χ2v) is 8.90. The minimum atomic E-state index is -3.63. The van der Waals surface area contributed by atoms with Gasteiger partial charge in [-0.05, 0) is 63.4 Å². The zero-order chi connectivity index (χ0) is 21.4. The smallest absolute Gasteiger partial charge is 0.243 e. The summed E-state index contributed by atoms with van der Waals surface area (Å²) in [7, 11) is -3.63. The van der Waals surface area contributed by atoms with Crippen molar-refractivity contribution in [2.75, 3.05) is 23.7 Å². The van der Waals surface area contributed by atoms with E-state index in [0.29, 0.717) is 24.6 Å². The lowest BCUT2D eigenvalue weighted by Gasteiger charge is -2.28. The Balaban J connectivity index is 1.99. The van der Waals surface area contributed by atoms with Crippen LogP contribution in [-0.4, -0.2) is 39.8 Å². The summed E-state index contributed by atoms with van der Waals surface area (Å²) >= 11 is 0. The molecule has 2 aromatic carbocycles. The first-order valence-corrected chi connectivity index (χ1v) is 11.6. The van der Waals surface area contributed by atoms with Gasteiger partial charge in [0, 0.05) is 6.54 Å². The SMILES string of the molecule is CCOc1ccc(N([C@H](C)C(=O)NCCCc2cccc(C)c2)S(C)(=O)=O)cc1. The van der Waals surface area contributed by atoms with E-state index in [1.165, 1.54) is 11.1 Å². The number of sulfonamides is 1. The molecule has 0 aliphatic heterocycles. The van der Waals surface area contributed by atoms with Gasteiger partial charge in [-0.3, -0.25) is 9.10 Å². The predicted molar refractivity (Wildman–Crippen MR) is 117 cm³/mol. The molecule has 0 bridgehead atoms. The van der Waals surface area contributed by atoms with E-state index in [1.54, 1.807) is 31.2 Å². The highest BCUT2D eigenvalue weighted by atomic mass is 32.2. The average molecular weight is 419 g/mol. The molecule has 0 spiro atoms. The third-order valence-electron chi connectivity index (χ3n) is 4.51. The molecule has 2 rings (SSSR count). The quantitative estimate of drug-likeness (QED) is 0.601.